The second kappa shape index (κ2) is 7.55. The van der Waals surface area contributed by atoms with Crippen molar-refractivity contribution in [3.8, 4) is 0 Å². The molecule has 0 aliphatic rings. The van der Waals surface area contributed by atoms with Crippen LogP contribution in [-0.2, 0) is 0 Å². The quantitative estimate of drug-likeness (QED) is 0.705. The lowest BCUT2D eigenvalue weighted by Crippen LogP contribution is -2.28. The van der Waals surface area contributed by atoms with Gasteiger partial charge in [-0.2, -0.15) is 0 Å². The van der Waals surface area contributed by atoms with Crippen LogP contribution in [0.25, 0.3) is 0 Å². The van der Waals surface area contributed by atoms with E-state index < -0.39 is 8.07 Å². The summed E-state index contributed by atoms with van der Waals surface area (Å²) in [5, 5.41) is 10.1. The lowest BCUT2D eigenvalue weighted by Gasteiger charge is -2.23. The summed E-state index contributed by atoms with van der Waals surface area (Å²) >= 11 is 0. The van der Waals surface area contributed by atoms with Crippen LogP contribution in [-0.4, -0.2) is 13.2 Å². The summed E-state index contributed by atoms with van der Waals surface area (Å²) in [6.07, 6.45) is 2.58. The average molecular weight is 262 g/mol. The van der Waals surface area contributed by atoms with Crippen LogP contribution in [0.5, 0.6) is 0 Å². The molecule has 18 heavy (non-hydrogen) atoms. The fourth-order valence-corrected chi connectivity index (χ4v) is 5.20. The SMILES string of the molecule is CC[Si](/C=C\CC(O)c1ccccc1)(CC)CC. The Morgan fingerprint density at radius 3 is 2.11 bits per heavy atom. The fourth-order valence-electron chi connectivity index (χ4n) is 2.36. The van der Waals surface area contributed by atoms with E-state index in [1.165, 1.54) is 18.1 Å². The minimum absolute atomic E-state index is 0.361. The molecule has 0 aliphatic heterocycles. The number of benzene rings is 1. The number of aliphatic hydroxyl groups excluding tert-OH is 1. The van der Waals surface area contributed by atoms with E-state index in [2.05, 4.69) is 32.5 Å². The molecular weight excluding hydrogens is 236 g/mol. The van der Waals surface area contributed by atoms with E-state index in [1.54, 1.807) is 0 Å². The van der Waals surface area contributed by atoms with Crippen molar-refractivity contribution in [3.63, 3.8) is 0 Å². The molecule has 100 valence electrons. The summed E-state index contributed by atoms with van der Waals surface area (Å²) in [6, 6.07) is 13.8. The van der Waals surface area contributed by atoms with Crippen LogP contribution in [0.15, 0.2) is 42.1 Å². The first-order chi connectivity index (χ1) is 8.67. The van der Waals surface area contributed by atoms with Gasteiger partial charge in [0.25, 0.3) is 0 Å². The Hall–Kier alpha value is -0.863. The van der Waals surface area contributed by atoms with Gasteiger partial charge in [0.1, 0.15) is 0 Å². The monoisotopic (exact) mass is 262 g/mol. The molecule has 0 fully saturated rings. The largest absolute Gasteiger partial charge is 0.388 e. The van der Waals surface area contributed by atoms with Gasteiger partial charge in [-0.05, 0) is 12.0 Å². The standard InChI is InChI=1S/C16H26OSi/c1-4-18(5-2,6-3)14-10-13-16(17)15-11-8-7-9-12-15/h7-12,14,16-17H,4-6,13H2,1-3H3/b14-10-. The highest BCUT2D eigenvalue weighted by Gasteiger charge is 2.22. The topological polar surface area (TPSA) is 20.2 Å². The molecule has 0 bridgehead atoms. The van der Waals surface area contributed by atoms with Gasteiger partial charge in [-0.15, -0.1) is 0 Å². The van der Waals surface area contributed by atoms with E-state index in [0.29, 0.717) is 0 Å². The minimum atomic E-state index is -1.18. The Balaban J connectivity index is 2.59. The lowest BCUT2D eigenvalue weighted by molar-refractivity contribution is 0.181. The van der Waals surface area contributed by atoms with Gasteiger partial charge in [0.05, 0.1) is 14.2 Å². The summed E-state index contributed by atoms with van der Waals surface area (Å²) < 4.78 is 0. The summed E-state index contributed by atoms with van der Waals surface area (Å²) in [5.41, 5.74) is 3.46. The van der Waals surface area contributed by atoms with Crippen LogP contribution in [0.3, 0.4) is 0 Å². The first-order valence-electron chi connectivity index (χ1n) is 7.08. The summed E-state index contributed by atoms with van der Waals surface area (Å²) in [7, 11) is -1.18. The van der Waals surface area contributed by atoms with E-state index in [1.807, 2.05) is 30.3 Å². The van der Waals surface area contributed by atoms with Crippen LogP contribution in [0, 0.1) is 0 Å². The molecule has 2 heteroatoms. The van der Waals surface area contributed by atoms with E-state index in [9.17, 15) is 5.11 Å². The molecule has 0 aromatic heterocycles. The van der Waals surface area contributed by atoms with E-state index in [0.717, 1.165) is 12.0 Å². The number of hydrogen-bond donors (Lipinski definition) is 1. The molecule has 0 spiro atoms. The molecule has 0 saturated carbocycles. The van der Waals surface area contributed by atoms with Gasteiger partial charge in [0.15, 0.2) is 0 Å². The lowest BCUT2D eigenvalue weighted by atomic mass is 10.1. The van der Waals surface area contributed by atoms with Crippen molar-refractivity contribution in [3.05, 3.63) is 47.7 Å². The first-order valence-corrected chi connectivity index (χ1v) is 9.78. The smallest absolute Gasteiger partial charge is 0.0824 e. The van der Waals surface area contributed by atoms with E-state index in [-0.39, 0.29) is 6.10 Å². The van der Waals surface area contributed by atoms with Crippen molar-refractivity contribution < 1.29 is 5.11 Å². The Bertz CT molecular complexity index is 346. The first kappa shape index (κ1) is 15.2. The fraction of sp³-hybridized carbons (Fsp3) is 0.500. The maximum atomic E-state index is 10.1. The maximum absolute atomic E-state index is 10.1. The molecule has 0 aliphatic carbocycles. The van der Waals surface area contributed by atoms with Crippen molar-refractivity contribution in [1.82, 2.24) is 0 Å². The molecule has 1 nitrogen and oxygen atoms in total. The Morgan fingerprint density at radius 2 is 1.61 bits per heavy atom. The average Bonchev–Trinajstić information content (AvgIpc) is 2.45. The molecule has 1 N–H and O–H groups in total. The van der Waals surface area contributed by atoms with Crippen molar-refractivity contribution in [2.24, 2.45) is 0 Å². The summed E-state index contributed by atoms with van der Waals surface area (Å²) in [6.45, 7) is 6.91. The van der Waals surface area contributed by atoms with Crippen LogP contribution in [0.4, 0.5) is 0 Å². The highest BCUT2D eigenvalue weighted by molar-refractivity contribution is 6.84. The van der Waals surface area contributed by atoms with E-state index >= 15 is 0 Å². The van der Waals surface area contributed by atoms with Gasteiger partial charge in [-0.25, -0.2) is 0 Å². The van der Waals surface area contributed by atoms with Gasteiger partial charge < -0.3 is 5.11 Å². The molecule has 0 saturated heterocycles. The molecule has 1 aromatic rings. The van der Waals surface area contributed by atoms with Gasteiger partial charge >= 0.3 is 0 Å². The molecule has 0 amide bonds. The number of aliphatic hydroxyl groups is 1. The van der Waals surface area contributed by atoms with Gasteiger partial charge in [-0.3, -0.25) is 0 Å². The highest BCUT2D eigenvalue weighted by atomic mass is 28.3. The summed E-state index contributed by atoms with van der Waals surface area (Å²) in [4.78, 5) is 0. The van der Waals surface area contributed by atoms with E-state index in [4.69, 9.17) is 0 Å². The zero-order valence-corrected chi connectivity index (χ0v) is 12.9. The Labute approximate surface area is 113 Å². The van der Waals surface area contributed by atoms with Crippen LogP contribution < -0.4 is 0 Å². The van der Waals surface area contributed by atoms with Gasteiger partial charge in [-0.1, -0.05) is 81.0 Å². The van der Waals surface area contributed by atoms with Crippen molar-refractivity contribution in [2.45, 2.75) is 51.4 Å². The maximum Gasteiger partial charge on any atom is 0.0824 e. The van der Waals surface area contributed by atoms with Gasteiger partial charge in [0.2, 0.25) is 0 Å². The number of rotatable bonds is 7. The third kappa shape index (κ3) is 4.11. The van der Waals surface area contributed by atoms with Crippen molar-refractivity contribution in [1.29, 1.82) is 0 Å². The molecular formula is C16H26OSi. The molecule has 1 atom stereocenters. The van der Waals surface area contributed by atoms with Crippen LogP contribution in [0.2, 0.25) is 18.1 Å². The van der Waals surface area contributed by atoms with Crippen molar-refractivity contribution in [2.75, 3.05) is 0 Å². The summed E-state index contributed by atoms with van der Waals surface area (Å²) in [5.74, 6) is 0. The zero-order valence-electron chi connectivity index (χ0n) is 11.9. The Kier molecular flexibility index (Phi) is 6.37. The minimum Gasteiger partial charge on any atom is -0.388 e. The molecule has 1 rings (SSSR count). The predicted octanol–water partition coefficient (Wildman–Crippen LogP) is 4.71. The van der Waals surface area contributed by atoms with Gasteiger partial charge in [0, 0.05) is 0 Å². The second-order valence-corrected chi connectivity index (χ2v) is 10.2. The van der Waals surface area contributed by atoms with Crippen LogP contribution in [0.1, 0.15) is 38.9 Å². The molecule has 0 radical (unpaired) electrons. The highest BCUT2D eigenvalue weighted by Crippen LogP contribution is 2.23. The normalized spacial score (nSPS) is 14.0. The molecule has 1 aromatic carbocycles. The number of hydrogen-bond acceptors (Lipinski definition) is 1. The van der Waals surface area contributed by atoms with Crippen molar-refractivity contribution >= 4 is 8.07 Å². The second-order valence-electron chi connectivity index (χ2n) is 4.99. The third-order valence-corrected chi connectivity index (χ3v) is 9.30. The van der Waals surface area contributed by atoms with Crippen LogP contribution >= 0.6 is 0 Å². The third-order valence-electron chi connectivity index (χ3n) is 4.13. The zero-order chi connectivity index (χ0) is 13.4. The predicted molar refractivity (Wildman–Crippen MR) is 82.4 cm³/mol. The molecule has 0 heterocycles. The Morgan fingerprint density at radius 1 is 1.06 bits per heavy atom. The molecule has 1 unspecified atom stereocenters.